The molecule has 1 aromatic rings. The van der Waals surface area contributed by atoms with Crippen LogP contribution >= 0.6 is 0 Å². The Kier molecular flexibility index (Phi) is 3.97. The van der Waals surface area contributed by atoms with E-state index in [4.69, 9.17) is 4.74 Å². The van der Waals surface area contributed by atoms with E-state index in [1.165, 1.54) is 7.05 Å². The van der Waals surface area contributed by atoms with Crippen molar-refractivity contribution in [1.29, 1.82) is 0 Å². The molecule has 0 spiro atoms. The normalized spacial score (nSPS) is 23.9. The van der Waals surface area contributed by atoms with Crippen LogP contribution in [0.2, 0.25) is 0 Å². The third kappa shape index (κ3) is 2.61. The largest absolute Gasteiger partial charge is 0.464 e. The summed E-state index contributed by atoms with van der Waals surface area (Å²) in [7, 11) is 1.53. The molecule has 2 unspecified atom stereocenters. The van der Waals surface area contributed by atoms with E-state index in [0.29, 0.717) is 13.0 Å². The maximum atomic E-state index is 12.2. The lowest BCUT2D eigenvalue weighted by molar-refractivity contribution is -0.146. The highest BCUT2D eigenvalue weighted by molar-refractivity contribution is 5.92. The molecule has 2 amide bonds. The molecule has 0 bridgehead atoms. The van der Waals surface area contributed by atoms with Gasteiger partial charge in [-0.3, -0.25) is 0 Å². The number of nitrogens with one attached hydrogen (secondary N) is 2. The molecule has 0 heterocycles. The molecule has 5 heteroatoms. The number of rotatable bonds is 4. The average Bonchev–Trinajstić information content (AvgIpc) is 3.15. The first kappa shape index (κ1) is 14.4. The Morgan fingerprint density at radius 1 is 1.35 bits per heavy atom. The lowest BCUT2D eigenvalue weighted by atomic mass is 10.0. The molecule has 1 fully saturated rings. The minimum Gasteiger partial charge on any atom is -0.464 e. The highest BCUT2D eigenvalue weighted by Gasteiger charge is 2.63. The SMILES string of the molecule is CCOC(=O)C1(NC(=O)NC)CC1c1ccc(C)cc1. The zero-order valence-electron chi connectivity index (χ0n) is 12.0. The van der Waals surface area contributed by atoms with Crippen LogP contribution in [0.3, 0.4) is 0 Å². The summed E-state index contributed by atoms with van der Waals surface area (Å²) in [6.45, 7) is 4.07. The third-order valence-electron chi connectivity index (χ3n) is 3.64. The van der Waals surface area contributed by atoms with Gasteiger partial charge in [-0.2, -0.15) is 0 Å². The van der Waals surface area contributed by atoms with Crippen molar-refractivity contribution in [2.75, 3.05) is 13.7 Å². The van der Waals surface area contributed by atoms with Gasteiger partial charge >= 0.3 is 12.0 Å². The maximum Gasteiger partial charge on any atom is 0.332 e. The van der Waals surface area contributed by atoms with E-state index in [-0.39, 0.29) is 17.9 Å². The van der Waals surface area contributed by atoms with Gasteiger partial charge in [-0.15, -0.1) is 0 Å². The zero-order valence-corrected chi connectivity index (χ0v) is 12.0. The fourth-order valence-electron chi connectivity index (χ4n) is 2.40. The molecule has 2 rings (SSSR count). The predicted molar refractivity (Wildman–Crippen MR) is 75.5 cm³/mol. The van der Waals surface area contributed by atoms with Gasteiger partial charge in [0, 0.05) is 13.0 Å². The van der Waals surface area contributed by atoms with Crippen molar-refractivity contribution in [2.24, 2.45) is 0 Å². The fourth-order valence-corrected chi connectivity index (χ4v) is 2.40. The van der Waals surface area contributed by atoms with E-state index in [0.717, 1.165) is 11.1 Å². The lowest BCUT2D eigenvalue weighted by Gasteiger charge is -2.17. The Morgan fingerprint density at radius 2 is 2.00 bits per heavy atom. The maximum absolute atomic E-state index is 12.2. The van der Waals surface area contributed by atoms with Gasteiger partial charge in [0.05, 0.1) is 6.61 Å². The van der Waals surface area contributed by atoms with Crippen molar-refractivity contribution in [3.8, 4) is 0 Å². The number of amides is 2. The first-order valence-corrected chi connectivity index (χ1v) is 6.77. The summed E-state index contributed by atoms with van der Waals surface area (Å²) in [4.78, 5) is 23.7. The standard InChI is InChI=1S/C15H20N2O3/c1-4-20-13(18)15(17-14(19)16-3)9-12(15)11-7-5-10(2)6-8-11/h5-8,12H,4,9H2,1-3H3,(H2,16,17,19). The Bertz CT molecular complexity index is 512. The van der Waals surface area contributed by atoms with Crippen LogP contribution in [-0.4, -0.2) is 31.2 Å². The lowest BCUT2D eigenvalue weighted by Crippen LogP contribution is -2.48. The van der Waals surface area contributed by atoms with Crippen molar-refractivity contribution in [2.45, 2.75) is 31.7 Å². The molecule has 5 nitrogen and oxygen atoms in total. The zero-order chi connectivity index (χ0) is 14.8. The molecule has 108 valence electrons. The van der Waals surface area contributed by atoms with E-state index in [2.05, 4.69) is 10.6 Å². The molecule has 1 aliphatic carbocycles. The summed E-state index contributed by atoms with van der Waals surface area (Å²) in [6, 6.07) is 7.62. The Morgan fingerprint density at radius 3 is 2.55 bits per heavy atom. The first-order chi connectivity index (χ1) is 9.53. The number of carbonyl (C=O) groups is 2. The van der Waals surface area contributed by atoms with Gasteiger partial charge in [0.25, 0.3) is 0 Å². The average molecular weight is 276 g/mol. The van der Waals surface area contributed by atoms with Crippen molar-refractivity contribution >= 4 is 12.0 Å². The topological polar surface area (TPSA) is 67.4 Å². The molecule has 0 radical (unpaired) electrons. The van der Waals surface area contributed by atoms with Crippen LogP contribution < -0.4 is 10.6 Å². The van der Waals surface area contributed by atoms with E-state index in [1.807, 2.05) is 31.2 Å². The minimum absolute atomic E-state index is 0.0283. The van der Waals surface area contributed by atoms with Crippen LogP contribution in [-0.2, 0) is 9.53 Å². The van der Waals surface area contributed by atoms with Crippen LogP contribution in [0.4, 0.5) is 4.79 Å². The van der Waals surface area contributed by atoms with E-state index < -0.39 is 5.54 Å². The van der Waals surface area contributed by atoms with Gasteiger partial charge in [0.15, 0.2) is 0 Å². The molecule has 2 atom stereocenters. The minimum atomic E-state index is -0.925. The number of esters is 1. The monoisotopic (exact) mass is 276 g/mol. The highest BCUT2D eigenvalue weighted by Crippen LogP contribution is 2.52. The first-order valence-electron chi connectivity index (χ1n) is 6.77. The Hall–Kier alpha value is -2.04. The van der Waals surface area contributed by atoms with Gasteiger partial charge in [-0.25, -0.2) is 9.59 Å². The number of hydrogen-bond acceptors (Lipinski definition) is 3. The smallest absolute Gasteiger partial charge is 0.332 e. The molecular formula is C15H20N2O3. The predicted octanol–water partition coefficient (Wildman–Crippen LogP) is 1.71. The van der Waals surface area contributed by atoms with Crippen LogP contribution in [0.5, 0.6) is 0 Å². The summed E-state index contributed by atoms with van der Waals surface area (Å²) in [5, 5.41) is 5.22. The second kappa shape index (κ2) is 5.53. The summed E-state index contributed by atoms with van der Waals surface area (Å²) >= 11 is 0. The van der Waals surface area contributed by atoms with Crippen molar-refractivity contribution in [1.82, 2.24) is 10.6 Å². The number of urea groups is 1. The van der Waals surface area contributed by atoms with Crippen LogP contribution in [0.25, 0.3) is 0 Å². The van der Waals surface area contributed by atoms with Gasteiger partial charge in [-0.05, 0) is 25.8 Å². The molecule has 20 heavy (non-hydrogen) atoms. The van der Waals surface area contributed by atoms with Crippen molar-refractivity contribution in [3.05, 3.63) is 35.4 Å². The van der Waals surface area contributed by atoms with Gasteiger partial charge < -0.3 is 15.4 Å². The summed E-state index contributed by atoms with van der Waals surface area (Å²) in [5.74, 6) is -0.395. The second-order valence-electron chi connectivity index (χ2n) is 5.06. The summed E-state index contributed by atoms with van der Waals surface area (Å²) in [5.41, 5.74) is 1.28. The summed E-state index contributed by atoms with van der Waals surface area (Å²) < 4.78 is 5.11. The van der Waals surface area contributed by atoms with E-state index >= 15 is 0 Å². The molecule has 1 aromatic carbocycles. The molecule has 1 saturated carbocycles. The highest BCUT2D eigenvalue weighted by atomic mass is 16.5. The Labute approximate surface area is 118 Å². The van der Waals surface area contributed by atoms with Crippen LogP contribution in [0, 0.1) is 6.92 Å². The number of benzene rings is 1. The molecule has 0 saturated heterocycles. The quantitative estimate of drug-likeness (QED) is 0.823. The second-order valence-corrected chi connectivity index (χ2v) is 5.06. The molecule has 0 aromatic heterocycles. The van der Waals surface area contributed by atoms with E-state index in [1.54, 1.807) is 6.92 Å². The van der Waals surface area contributed by atoms with Crippen molar-refractivity contribution < 1.29 is 14.3 Å². The van der Waals surface area contributed by atoms with Crippen LogP contribution in [0.15, 0.2) is 24.3 Å². The number of ether oxygens (including phenoxy) is 1. The van der Waals surface area contributed by atoms with E-state index in [9.17, 15) is 9.59 Å². The number of carbonyl (C=O) groups excluding carboxylic acids is 2. The summed E-state index contributed by atoms with van der Waals surface area (Å²) in [6.07, 6.45) is 0.572. The number of hydrogen-bond donors (Lipinski definition) is 2. The molecular weight excluding hydrogens is 256 g/mol. The number of aryl methyl sites for hydroxylation is 1. The molecule has 2 N–H and O–H groups in total. The third-order valence-corrected chi connectivity index (χ3v) is 3.64. The Balaban J connectivity index is 2.21. The van der Waals surface area contributed by atoms with Crippen molar-refractivity contribution in [3.63, 3.8) is 0 Å². The van der Waals surface area contributed by atoms with Gasteiger partial charge in [-0.1, -0.05) is 29.8 Å². The van der Waals surface area contributed by atoms with Crippen LogP contribution in [0.1, 0.15) is 30.4 Å². The molecule has 1 aliphatic rings. The fraction of sp³-hybridized carbons (Fsp3) is 0.467. The van der Waals surface area contributed by atoms with Gasteiger partial charge in [0.1, 0.15) is 5.54 Å². The molecule has 0 aliphatic heterocycles. The van der Waals surface area contributed by atoms with Gasteiger partial charge in [0.2, 0.25) is 0 Å².